The number of nitrogens with one attached hydrogen (secondary N) is 2. The van der Waals surface area contributed by atoms with E-state index in [-0.39, 0.29) is 12.1 Å². The quantitative estimate of drug-likeness (QED) is 0.870. The zero-order valence-corrected chi connectivity index (χ0v) is 15.2. The summed E-state index contributed by atoms with van der Waals surface area (Å²) in [4.78, 5) is 18.9. The van der Waals surface area contributed by atoms with Crippen molar-refractivity contribution < 1.29 is 4.79 Å². The maximum Gasteiger partial charge on any atom is 0.256 e. The maximum atomic E-state index is 12.7. The van der Waals surface area contributed by atoms with Gasteiger partial charge in [0.05, 0.1) is 5.56 Å². The average molecular weight is 348 g/mol. The molecule has 0 fully saturated rings. The van der Waals surface area contributed by atoms with Gasteiger partial charge in [0.2, 0.25) is 0 Å². The molecule has 1 amide bonds. The normalized spacial score (nSPS) is 20.9. The van der Waals surface area contributed by atoms with Crippen LogP contribution in [0.5, 0.6) is 0 Å². The average Bonchev–Trinajstić information content (AvgIpc) is 3.09. The Morgan fingerprint density at radius 2 is 2.09 bits per heavy atom. The van der Waals surface area contributed by atoms with E-state index in [1.807, 2.05) is 0 Å². The second kappa shape index (κ2) is 5.61. The second-order valence-electron chi connectivity index (χ2n) is 6.52. The molecule has 23 heavy (non-hydrogen) atoms. The Kier molecular flexibility index (Phi) is 3.70. The van der Waals surface area contributed by atoms with Crippen LogP contribution >= 0.6 is 22.7 Å². The van der Waals surface area contributed by atoms with Crippen molar-refractivity contribution >= 4 is 33.6 Å². The summed E-state index contributed by atoms with van der Waals surface area (Å²) in [6.45, 7) is 8.56. The molecular weight excluding hydrogens is 326 g/mol. The highest BCUT2D eigenvalue weighted by Crippen LogP contribution is 2.41. The lowest BCUT2D eigenvalue weighted by Crippen LogP contribution is -2.39. The fourth-order valence-corrected chi connectivity index (χ4v) is 5.51. The zero-order valence-electron chi connectivity index (χ0n) is 13.6. The molecule has 0 radical (unpaired) electrons. The SMILES string of the molecule is Cc1ccc([C@@H]2NC(=O)c3c(sc4c3CCN(C(C)C)C4)N2)s1. The first kappa shape index (κ1) is 15.2. The third-order valence-electron chi connectivity index (χ3n) is 4.64. The maximum absolute atomic E-state index is 12.7. The van der Waals surface area contributed by atoms with Gasteiger partial charge >= 0.3 is 0 Å². The van der Waals surface area contributed by atoms with E-state index in [4.69, 9.17) is 0 Å². The van der Waals surface area contributed by atoms with Crippen molar-refractivity contribution in [3.05, 3.63) is 37.9 Å². The molecule has 2 aromatic rings. The summed E-state index contributed by atoms with van der Waals surface area (Å²) in [5, 5.41) is 7.70. The van der Waals surface area contributed by atoms with Crippen molar-refractivity contribution in [3.8, 4) is 0 Å². The number of nitrogens with zero attached hydrogens (tertiary/aromatic N) is 1. The largest absolute Gasteiger partial charge is 0.352 e. The van der Waals surface area contributed by atoms with Crippen molar-refractivity contribution in [1.29, 1.82) is 0 Å². The molecule has 0 unspecified atom stereocenters. The van der Waals surface area contributed by atoms with Crippen LogP contribution in [0.4, 0.5) is 5.00 Å². The molecule has 0 aromatic carbocycles. The summed E-state index contributed by atoms with van der Waals surface area (Å²) < 4.78 is 0. The van der Waals surface area contributed by atoms with Gasteiger partial charge in [0, 0.05) is 33.8 Å². The monoisotopic (exact) mass is 347 g/mol. The van der Waals surface area contributed by atoms with E-state index in [0.717, 1.165) is 35.0 Å². The molecule has 2 aliphatic rings. The van der Waals surface area contributed by atoms with Crippen LogP contribution in [0.1, 0.15) is 50.6 Å². The minimum absolute atomic E-state index is 0.0744. The molecule has 4 heterocycles. The predicted octanol–water partition coefficient (Wildman–Crippen LogP) is 3.74. The van der Waals surface area contributed by atoms with Gasteiger partial charge in [-0.15, -0.1) is 22.7 Å². The van der Waals surface area contributed by atoms with E-state index in [0.29, 0.717) is 6.04 Å². The fourth-order valence-electron chi connectivity index (χ4n) is 3.33. The van der Waals surface area contributed by atoms with Crippen LogP contribution in [-0.2, 0) is 13.0 Å². The van der Waals surface area contributed by atoms with Crippen LogP contribution in [0, 0.1) is 6.92 Å². The van der Waals surface area contributed by atoms with Crippen molar-refractivity contribution in [1.82, 2.24) is 10.2 Å². The van der Waals surface area contributed by atoms with Gasteiger partial charge in [-0.2, -0.15) is 0 Å². The molecule has 2 aliphatic heterocycles. The standard InChI is InChI=1S/C17H21N3OS2/c1-9(2)20-7-6-11-13(8-20)23-17-14(11)16(21)18-15(19-17)12-5-4-10(3)22-12/h4-5,9,15,19H,6-8H2,1-3H3,(H,18,21)/t15-/m1/s1. The molecular formula is C17H21N3OS2. The Hall–Kier alpha value is -1.37. The lowest BCUT2D eigenvalue weighted by Gasteiger charge is -2.30. The first-order valence-corrected chi connectivity index (χ1v) is 9.68. The number of carbonyl (C=O) groups is 1. The van der Waals surface area contributed by atoms with Crippen LogP contribution in [-0.4, -0.2) is 23.4 Å². The Labute approximate surface area is 144 Å². The predicted molar refractivity (Wildman–Crippen MR) is 96.5 cm³/mol. The summed E-state index contributed by atoms with van der Waals surface area (Å²) >= 11 is 3.49. The van der Waals surface area contributed by atoms with E-state index < -0.39 is 0 Å². The van der Waals surface area contributed by atoms with Crippen LogP contribution in [0.2, 0.25) is 0 Å². The third-order valence-corrected chi connectivity index (χ3v) is 6.85. The number of anilines is 1. The number of hydrogen-bond acceptors (Lipinski definition) is 5. The number of rotatable bonds is 2. The van der Waals surface area contributed by atoms with Crippen molar-refractivity contribution in [3.63, 3.8) is 0 Å². The van der Waals surface area contributed by atoms with Gasteiger partial charge in [0.1, 0.15) is 11.2 Å². The summed E-state index contributed by atoms with van der Waals surface area (Å²) in [7, 11) is 0. The minimum Gasteiger partial charge on any atom is -0.352 e. The Bertz CT molecular complexity index is 762. The van der Waals surface area contributed by atoms with E-state index in [1.165, 1.54) is 15.3 Å². The van der Waals surface area contributed by atoms with Crippen molar-refractivity contribution in [2.45, 2.75) is 45.9 Å². The molecule has 0 aliphatic carbocycles. The molecule has 6 heteroatoms. The Morgan fingerprint density at radius 3 is 2.78 bits per heavy atom. The van der Waals surface area contributed by atoms with Crippen LogP contribution in [0.15, 0.2) is 12.1 Å². The summed E-state index contributed by atoms with van der Waals surface area (Å²) in [6, 6.07) is 4.74. The number of aryl methyl sites for hydroxylation is 1. The van der Waals surface area contributed by atoms with Gasteiger partial charge in [0.25, 0.3) is 5.91 Å². The third kappa shape index (κ3) is 2.58. The highest BCUT2D eigenvalue weighted by Gasteiger charge is 2.33. The highest BCUT2D eigenvalue weighted by molar-refractivity contribution is 7.17. The van der Waals surface area contributed by atoms with Crippen molar-refractivity contribution in [2.75, 3.05) is 11.9 Å². The van der Waals surface area contributed by atoms with E-state index in [9.17, 15) is 4.79 Å². The van der Waals surface area contributed by atoms with Gasteiger partial charge in [-0.25, -0.2) is 0 Å². The van der Waals surface area contributed by atoms with E-state index in [2.05, 4.69) is 48.4 Å². The minimum atomic E-state index is -0.102. The van der Waals surface area contributed by atoms with Crippen LogP contribution < -0.4 is 10.6 Å². The molecule has 0 spiro atoms. The fraction of sp³-hybridized carbons (Fsp3) is 0.471. The van der Waals surface area contributed by atoms with E-state index >= 15 is 0 Å². The lowest BCUT2D eigenvalue weighted by molar-refractivity contribution is 0.0935. The molecule has 2 aromatic heterocycles. The summed E-state index contributed by atoms with van der Waals surface area (Å²) in [5.41, 5.74) is 2.14. The van der Waals surface area contributed by atoms with Gasteiger partial charge < -0.3 is 10.6 Å². The number of amides is 1. The second-order valence-corrected chi connectivity index (χ2v) is 8.95. The smallest absolute Gasteiger partial charge is 0.256 e. The molecule has 4 nitrogen and oxygen atoms in total. The topological polar surface area (TPSA) is 44.4 Å². The zero-order chi connectivity index (χ0) is 16.1. The van der Waals surface area contributed by atoms with Crippen molar-refractivity contribution in [2.24, 2.45) is 0 Å². The van der Waals surface area contributed by atoms with Gasteiger partial charge in [-0.05, 0) is 44.9 Å². The summed E-state index contributed by atoms with van der Waals surface area (Å²) in [5.74, 6) is 0.0744. The van der Waals surface area contributed by atoms with Gasteiger partial charge in [-0.1, -0.05) is 0 Å². The molecule has 0 saturated carbocycles. The molecule has 0 saturated heterocycles. The van der Waals surface area contributed by atoms with Crippen LogP contribution in [0.3, 0.4) is 0 Å². The van der Waals surface area contributed by atoms with Gasteiger partial charge in [-0.3, -0.25) is 9.69 Å². The number of carbonyl (C=O) groups excluding carboxylic acids is 1. The highest BCUT2D eigenvalue weighted by atomic mass is 32.1. The van der Waals surface area contributed by atoms with E-state index in [1.54, 1.807) is 22.7 Å². The summed E-state index contributed by atoms with van der Waals surface area (Å²) in [6.07, 6.45) is 0.868. The first-order chi connectivity index (χ1) is 11.0. The van der Waals surface area contributed by atoms with Crippen LogP contribution in [0.25, 0.3) is 0 Å². The lowest BCUT2D eigenvalue weighted by atomic mass is 10.0. The molecule has 122 valence electrons. The molecule has 0 bridgehead atoms. The number of fused-ring (bicyclic) bond motifs is 3. The Morgan fingerprint density at radius 1 is 1.26 bits per heavy atom. The first-order valence-electron chi connectivity index (χ1n) is 8.05. The molecule has 1 atom stereocenters. The number of hydrogen-bond donors (Lipinski definition) is 2. The number of thiophene rings is 2. The molecule has 2 N–H and O–H groups in total. The Balaban J connectivity index is 1.66. The molecule has 4 rings (SSSR count). The van der Waals surface area contributed by atoms with Gasteiger partial charge in [0.15, 0.2) is 0 Å².